The molecule has 0 amide bonds. The quantitative estimate of drug-likeness (QED) is 0.526. The van der Waals surface area contributed by atoms with Crippen molar-refractivity contribution in [2.75, 3.05) is 0 Å². The Morgan fingerprint density at radius 2 is 2.67 bits per heavy atom. The Morgan fingerprint density at radius 1 is 1.78 bits per heavy atom. The van der Waals surface area contributed by atoms with Gasteiger partial charge in [-0.1, -0.05) is 0 Å². The molecular formula is C6H8N2S. The van der Waals surface area contributed by atoms with Gasteiger partial charge in [0.05, 0.1) is 6.33 Å². The maximum Gasteiger partial charge on any atom is 0.0948 e. The average molecular weight is 140 g/mol. The summed E-state index contributed by atoms with van der Waals surface area (Å²) in [5.41, 5.74) is 1.31. The lowest BCUT2D eigenvalue weighted by Gasteiger charge is -1.94. The van der Waals surface area contributed by atoms with Crippen LogP contribution in [0.25, 0.3) is 0 Å². The molecule has 0 bridgehead atoms. The summed E-state index contributed by atoms with van der Waals surface area (Å²) >= 11 is 4.35. The summed E-state index contributed by atoms with van der Waals surface area (Å²) in [6.45, 7) is 1.03. The highest BCUT2D eigenvalue weighted by Gasteiger charge is 2.16. The highest BCUT2D eigenvalue weighted by Crippen LogP contribution is 2.17. The van der Waals surface area contributed by atoms with Crippen LogP contribution in [0.2, 0.25) is 0 Å². The monoisotopic (exact) mass is 140 g/mol. The van der Waals surface area contributed by atoms with E-state index in [0.29, 0.717) is 5.25 Å². The van der Waals surface area contributed by atoms with E-state index in [1.807, 2.05) is 12.5 Å². The SMILES string of the molecule is SC1Cc2cncn2C1. The molecule has 0 spiro atoms. The molecule has 0 saturated heterocycles. The van der Waals surface area contributed by atoms with Gasteiger partial charge >= 0.3 is 0 Å². The van der Waals surface area contributed by atoms with Gasteiger partial charge < -0.3 is 4.57 Å². The van der Waals surface area contributed by atoms with Crippen molar-refractivity contribution in [3.8, 4) is 0 Å². The molecular weight excluding hydrogens is 132 g/mol. The first-order valence-electron chi connectivity index (χ1n) is 3.03. The number of fused-ring (bicyclic) bond motifs is 1. The van der Waals surface area contributed by atoms with Gasteiger partial charge in [-0.05, 0) is 0 Å². The van der Waals surface area contributed by atoms with E-state index in [1.165, 1.54) is 5.69 Å². The van der Waals surface area contributed by atoms with Crippen molar-refractivity contribution < 1.29 is 0 Å². The summed E-state index contributed by atoms with van der Waals surface area (Å²) in [4.78, 5) is 4.01. The molecule has 0 fully saturated rings. The molecule has 1 aromatic rings. The molecule has 1 unspecified atom stereocenters. The van der Waals surface area contributed by atoms with Gasteiger partial charge in [0.15, 0.2) is 0 Å². The Morgan fingerprint density at radius 3 is 3.44 bits per heavy atom. The van der Waals surface area contributed by atoms with Crippen molar-refractivity contribution in [1.82, 2.24) is 9.55 Å². The third-order valence-electron chi connectivity index (χ3n) is 1.65. The van der Waals surface area contributed by atoms with Gasteiger partial charge in [0.1, 0.15) is 0 Å². The van der Waals surface area contributed by atoms with Crippen LogP contribution in [0.4, 0.5) is 0 Å². The van der Waals surface area contributed by atoms with Crippen LogP contribution in [0.1, 0.15) is 5.69 Å². The van der Waals surface area contributed by atoms with Crippen LogP contribution in [0.3, 0.4) is 0 Å². The van der Waals surface area contributed by atoms with E-state index in [1.54, 1.807) is 0 Å². The van der Waals surface area contributed by atoms with E-state index in [4.69, 9.17) is 0 Å². The van der Waals surface area contributed by atoms with Crippen molar-refractivity contribution in [3.63, 3.8) is 0 Å². The molecule has 0 aromatic carbocycles. The fraction of sp³-hybridized carbons (Fsp3) is 0.500. The Labute approximate surface area is 59.3 Å². The molecule has 0 saturated carbocycles. The Bertz CT molecular complexity index is 198. The molecule has 1 atom stereocenters. The van der Waals surface area contributed by atoms with E-state index < -0.39 is 0 Å². The fourth-order valence-corrected chi connectivity index (χ4v) is 1.58. The van der Waals surface area contributed by atoms with E-state index in [-0.39, 0.29) is 0 Å². The third-order valence-corrected chi connectivity index (χ3v) is 2.00. The highest BCUT2D eigenvalue weighted by molar-refractivity contribution is 7.80. The minimum Gasteiger partial charge on any atom is -0.333 e. The Kier molecular flexibility index (Phi) is 1.05. The Balaban J connectivity index is 2.39. The van der Waals surface area contributed by atoms with Crippen LogP contribution in [-0.4, -0.2) is 14.8 Å². The van der Waals surface area contributed by atoms with Crippen LogP contribution in [0, 0.1) is 0 Å². The first kappa shape index (κ1) is 5.35. The number of imidazole rings is 1. The summed E-state index contributed by atoms with van der Waals surface area (Å²) in [5, 5.41) is 0.517. The average Bonchev–Trinajstić information content (AvgIpc) is 2.22. The lowest BCUT2D eigenvalue weighted by Crippen LogP contribution is -1.98. The molecule has 0 radical (unpaired) electrons. The second-order valence-electron chi connectivity index (χ2n) is 2.40. The number of hydrogen-bond acceptors (Lipinski definition) is 2. The zero-order valence-corrected chi connectivity index (χ0v) is 5.88. The summed E-state index contributed by atoms with van der Waals surface area (Å²) < 4.78 is 2.15. The minimum atomic E-state index is 0.517. The third kappa shape index (κ3) is 0.758. The van der Waals surface area contributed by atoms with Gasteiger partial charge in [-0.15, -0.1) is 0 Å². The predicted molar refractivity (Wildman–Crippen MR) is 38.7 cm³/mol. The summed E-state index contributed by atoms with van der Waals surface area (Å²) in [5.74, 6) is 0. The normalized spacial score (nSPS) is 24.3. The van der Waals surface area contributed by atoms with E-state index in [0.717, 1.165) is 13.0 Å². The maximum absolute atomic E-state index is 4.35. The van der Waals surface area contributed by atoms with Gasteiger partial charge in [0, 0.05) is 30.1 Å². The second-order valence-corrected chi connectivity index (χ2v) is 3.13. The second kappa shape index (κ2) is 1.77. The number of rotatable bonds is 0. The molecule has 2 nitrogen and oxygen atoms in total. The van der Waals surface area contributed by atoms with E-state index in [2.05, 4.69) is 22.2 Å². The minimum absolute atomic E-state index is 0.517. The zero-order valence-electron chi connectivity index (χ0n) is 4.99. The molecule has 1 aliphatic rings. The maximum atomic E-state index is 4.35. The number of thiol groups is 1. The highest BCUT2D eigenvalue weighted by atomic mass is 32.1. The standard InChI is InChI=1S/C6H8N2S/c9-6-1-5-2-7-4-8(5)3-6/h2,4,6,9H,1,3H2. The molecule has 1 aliphatic heterocycles. The van der Waals surface area contributed by atoms with Gasteiger partial charge in [-0.2, -0.15) is 12.6 Å². The molecule has 2 heterocycles. The van der Waals surface area contributed by atoms with E-state index >= 15 is 0 Å². The summed E-state index contributed by atoms with van der Waals surface area (Å²) in [6, 6.07) is 0. The molecule has 48 valence electrons. The van der Waals surface area contributed by atoms with Crippen LogP contribution in [0.15, 0.2) is 12.5 Å². The van der Waals surface area contributed by atoms with Crippen molar-refractivity contribution in [2.45, 2.75) is 18.2 Å². The molecule has 1 aromatic heterocycles. The Hall–Kier alpha value is -0.440. The van der Waals surface area contributed by atoms with Gasteiger partial charge in [0.25, 0.3) is 0 Å². The van der Waals surface area contributed by atoms with Crippen molar-refractivity contribution >= 4 is 12.6 Å². The first-order valence-corrected chi connectivity index (χ1v) is 3.55. The fourth-order valence-electron chi connectivity index (χ4n) is 1.22. The van der Waals surface area contributed by atoms with Crippen molar-refractivity contribution in [3.05, 3.63) is 18.2 Å². The lowest BCUT2D eigenvalue weighted by atomic mass is 10.3. The van der Waals surface area contributed by atoms with Crippen LogP contribution < -0.4 is 0 Å². The lowest BCUT2D eigenvalue weighted by molar-refractivity contribution is 0.757. The molecule has 9 heavy (non-hydrogen) atoms. The van der Waals surface area contributed by atoms with Gasteiger partial charge in [-0.25, -0.2) is 4.98 Å². The first-order chi connectivity index (χ1) is 4.36. The largest absolute Gasteiger partial charge is 0.333 e. The van der Waals surface area contributed by atoms with Crippen LogP contribution in [-0.2, 0) is 13.0 Å². The van der Waals surface area contributed by atoms with Crippen LogP contribution >= 0.6 is 12.6 Å². The number of hydrogen-bond donors (Lipinski definition) is 1. The van der Waals surface area contributed by atoms with Crippen LogP contribution in [0.5, 0.6) is 0 Å². The van der Waals surface area contributed by atoms with Crippen molar-refractivity contribution in [2.24, 2.45) is 0 Å². The van der Waals surface area contributed by atoms with Gasteiger partial charge in [0.2, 0.25) is 0 Å². The summed E-state index contributed by atoms with van der Waals surface area (Å²) in [6.07, 6.45) is 4.85. The van der Waals surface area contributed by atoms with Crippen molar-refractivity contribution in [1.29, 1.82) is 0 Å². The van der Waals surface area contributed by atoms with Gasteiger partial charge in [-0.3, -0.25) is 0 Å². The van der Waals surface area contributed by atoms with E-state index in [9.17, 15) is 0 Å². The molecule has 2 rings (SSSR count). The smallest absolute Gasteiger partial charge is 0.0948 e. The number of aromatic nitrogens is 2. The topological polar surface area (TPSA) is 17.8 Å². The predicted octanol–water partition coefficient (Wildman–Crippen LogP) is 0.738. The molecule has 0 N–H and O–H groups in total. The number of nitrogens with zero attached hydrogens (tertiary/aromatic N) is 2. The molecule has 3 heteroatoms. The zero-order chi connectivity index (χ0) is 6.27. The summed E-state index contributed by atoms with van der Waals surface area (Å²) in [7, 11) is 0. The molecule has 0 aliphatic carbocycles.